The standard InChI is InChI=1S/C22H15ClN2O/c23-15-11-9-14(10-12-15)19-13-21-16-5-1-2-6-17(16)22(26)25(21)20-8-4-3-7-18(20)24-19/h1-12,21H,13H2/t21-/m1/s1. The molecule has 26 heavy (non-hydrogen) atoms. The molecule has 3 aromatic rings. The zero-order valence-electron chi connectivity index (χ0n) is 13.9. The van der Waals surface area contributed by atoms with Crippen LogP contribution in [-0.2, 0) is 0 Å². The number of rotatable bonds is 1. The molecule has 0 aliphatic carbocycles. The molecule has 126 valence electrons. The Morgan fingerprint density at radius 2 is 1.65 bits per heavy atom. The molecule has 0 unspecified atom stereocenters. The molecule has 0 saturated carbocycles. The molecule has 0 radical (unpaired) electrons. The number of aliphatic imine (C=N–C) groups is 1. The largest absolute Gasteiger partial charge is 0.298 e. The Morgan fingerprint density at radius 1 is 0.923 bits per heavy atom. The van der Waals surface area contributed by atoms with Crippen LogP contribution in [0.1, 0.15) is 33.9 Å². The number of para-hydroxylation sites is 2. The van der Waals surface area contributed by atoms with E-state index in [2.05, 4.69) is 0 Å². The Kier molecular flexibility index (Phi) is 3.44. The molecule has 4 heteroatoms. The first kappa shape index (κ1) is 15.4. The lowest BCUT2D eigenvalue weighted by molar-refractivity contribution is 0.0992. The van der Waals surface area contributed by atoms with E-state index in [9.17, 15) is 4.79 Å². The topological polar surface area (TPSA) is 32.7 Å². The number of fused-ring (bicyclic) bond motifs is 5. The van der Waals surface area contributed by atoms with Gasteiger partial charge in [-0.2, -0.15) is 0 Å². The minimum absolute atomic E-state index is 0.0446. The molecule has 5 rings (SSSR count). The number of amides is 1. The third-order valence-corrected chi connectivity index (χ3v) is 5.29. The molecule has 1 amide bonds. The predicted octanol–water partition coefficient (Wildman–Crippen LogP) is 5.57. The van der Waals surface area contributed by atoms with Crippen molar-refractivity contribution >= 4 is 34.6 Å². The van der Waals surface area contributed by atoms with Gasteiger partial charge < -0.3 is 0 Å². The summed E-state index contributed by atoms with van der Waals surface area (Å²) in [6.45, 7) is 0. The SMILES string of the molecule is O=C1c2ccccc2[C@H]2CC(c3ccc(Cl)cc3)=Nc3ccccc3N12. The summed E-state index contributed by atoms with van der Waals surface area (Å²) >= 11 is 6.05. The van der Waals surface area contributed by atoms with Crippen molar-refractivity contribution in [2.45, 2.75) is 12.5 Å². The smallest absolute Gasteiger partial charge is 0.259 e. The van der Waals surface area contributed by atoms with Gasteiger partial charge in [0.15, 0.2) is 0 Å². The van der Waals surface area contributed by atoms with E-state index in [4.69, 9.17) is 16.6 Å². The molecule has 0 N–H and O–H groups in total. The van der Waals surface area contributed by atoms with Gasteiger partial charge in [-0.3, -0.25) is 14.7 Å². The van der Waals surface area contributed by atoms with Crippen molar-refractivity contribution in [3.63, 3.8) is 0 Å². The van der Waals surface area contributed by atoms with E-state index >= 15 is 0 Å². The van der Waals surface area contributed by atoms with Crippen LogP contribution in [-0.4, -0.2) is 11.6 Å². The van der Waals surface area contributed by atoms with Crippen molar-refractivity contribution in [2.24, 2.45) is 4.99 Å². The fraction of sp³-hybridized carbons (Fsp3) is 0.0909. The van der Waals surface area contributed by atoms with Gasteiger partial charge in [0.05, 0.1) is 23.1 Å². The second kappa shape index (κ2) is 5.82. The number of halogens is 1. The molecule has 2 aliphatic rings. The highest BCUT2D eigenvalue weighted by atomic mass is 35.5. The first-order valence-corrected chi connectivity index (χ1v) is 8.95. The van der Waals surface area contributed by atoms with E-state index in [0.717, 1.165) is 33.8 Å². The summed E-state index contributed by atoms with van der Waals surface area (Å²) < 4.78 is 0. The maximum Gasteiger partial charge on any atom is 0.259 e. The summed E-state index contributed by atoms with van der Waals surface area (Å²) in [4.78, 5) is 19.9. The molecule has 0 saturated heterocycles. The van der Waals surface area contributed by atoms with E-state index in [0.29, 0.717) is 11.4 Å². The zero-order chi connectivity index (χ0) is 17.7. The van der Waals surface area contributed by atoms with Crippen LogP contribution < -0.4 is 4.90 Å². The van der Waals surface area contributed by atoms with Crippen LogP contribution >= 0.6 is 11.6 Å². The molecule has 1 atom stereocenters. The molecule has 0 spiro atoms. The normalized spacial score (nSPS) is 17.9. The van der Waals surface area contributed by atoms with Crippen LogP contribution in [0.5, 0.6) is 0 Å². The summed E-state index contributed by atoms with van der Waals surface area (Å²) in [6, 6.07) is 23.4. The number of hydrogen-bond acceptors (Lipinski definition) is 2. The number of hydrogen-bond donors (Lipinski definition) is 0. The van der Waals surface area contributed by atoms with Crippen LogP contribution in [0.25, 0.3) is 0 Å². The molecule has 2 aliphatic heterocycles. The molecule has 3 nitrogen and oxygen atoms in total. The van der Waals surface area contributed by atoms with Gasteiger partial charge in [0.1, 0.15) is 0 Å². The van der Waals surface area contributed by atoms with Crippen LogP contribution in [0.3, 0.4) is 0 Å². The Labute approximate surface area is 156 Å². The summed E-state index contributed by atoms with van der Waals surface area (Å²) in [7, 11) is 0. The van der Waals surface area contributed by atoms with Crippen molar-refractivity contribution in [3.8, 4) is 0 Å². The van der Waals surface area contributed by atoms with Crippen molar-refractivity contribution < 1.29 is 4.79 Å². The van der Waals surface area contributed by atoms with Gasteiger partial charge in [-0.25, -0.2) is 0 Å². The van der Waals surface area contributed by atoms with Crippen LogP contribution in [0.15, 0.2) is 77.8 Å². The van der Waals surface area contributed by atoms with Gasteiger partial charge in [0.2, 0.25) is 0 Å². The van der Waals surface area contributed by atoms with Crippen LogP contribution in [0.2, 0.25) is 5.02 Å². The number of nitrogens with zero attached hydrogens (tertiary/aromatic N) is 2. The second-order valence-electron chi connectivity index (χ2n) is 6.54. The third kappa shape index (κ3) is 2.28. The molecular weight excluding hydrogens is 344 g/mol. The molecule has 3 aromatic carbocycles. The van der Waals surface area contributed by atoms with Crippen LogP contribution in [0, 0.1) is 0 Å². The highest BCUT2D eigenvalue weighted by Crippen LogP contribution is 2.45. The predicted molar refractivity (Wildman–Crippen MR) is 105 cm³/mol. The first-order chi connectivity index (χ1) is 12.7. The molecular formula is C22H15ClN2O. The van der Waals surface area contributed by atoms with Gasteiger partial charge >= 0.3 is 0 Å². The minimum Gasteiger partial charge on any atom is -0.298 e. The van der Waals surface area contributed by atoms with E-state index < -0.39 is 0 Å². The Morgan fingerprint density at radius 3 is 2.50 bits per heavy atom. The summed E-state index contributed by atoms with van der Waals surface area (Å²) in [6.07, 6.45) is 0.666. The average molecular weight is 359 g/mol. The average Bonchev–Trinajstić information content (AvgIpc) is 2.84. The lowest BCUT2D eigenvalue weighted by atomic mass is 9.97. The first-order valence-electron chi connectivity index (χ1n) is 8.57. The van der Waals surface area contributed by atoms with Crippen molar-refractivity contribution in [2.75, 3.05) is 4.90 Å². The van der Waals surface area contributed by atoms with Gasteiger partial charge in [-0.1, -0.05) is 54.1 Å². The maximum atomic E-state index is 13.1. The van der Waals surface area contributed by atoms with E-state index in [1.807, 2.05) is 77.7 Å². The fourth-order valence-electron chi connectivity index (χ4n) is 3.83. The Balaban J connectivity index is 1.71. The number of anilines is 1. The van der Waals surface area contributed by atoms with Gasteiger partial charge in [0, 0.05) is 17.0 Å². The lowest BCUT2D eigenvalue weighted by Gasteiger charge is -2.24. The Hall–Kier alpha value is -2.91. The van der Waals surface area contributed by atoms with E-state index in [1.165, 1.54) is 0 Å². The summed E-state index contributed by atoms with van der Waals surface area (Å²) in [5.74, 6) is 0.0469. The molecule has 0 fully saturated rings. The summed E-state index contributed by atoms with van der Waals surface area (Å²) in [5.41, 5.74) is 5.53. The monoisotopic (exact) mass is 358 g/mol. The molecule has 2 heterocycles. The van der Waals surface area contributed by atoms with Gasteiger partial charge in [-0.15, -0.1) is 0 Å². The fourth-order valence-corrected chi connectivity index (χ4v) is 3.96. The molecule has 0 aromatic heterocycles. The maximum absolute atomic E-state index is 13.1. The minimum atomic E-state index is -0.0446. The zero-order valence-corrected chi connectivity index (χ0v) is 14.6. The van der Waals surface area contributed by atoms with Crippen molar-refractivity contribution in [1.29, 1.82) is 0 Å². The third-order valence-electron chi connectivity index (χ3n) is 5.04. The lowest BCUT2D eigenvalue weighted by Crippen LogP contribution is -2.28. The number of benzene rings is 3. The Bertz CT molecular complexity index is 1060. The van der Waals surface area contributed by atoms with Gasteiger partial charge in [0.25, 0.3) is 5.91 Å². The molecule has 0 bridgehead atoms. The van der Waals surface area contributed by atoms with Crippen molar-refractivity contribution in [1.82, 2.24) is 0 Å². The summed E-state index contributed by atoms with van der Waals surface area (Å²) in [5, 5.41) is 0.700. The number of carbonyl (C=O) groups excluding carboxylic acids is 1. The highest BCUT2D eigenvalue weighted by Gasteiger charge is 2.40. The van der Waals surface area contributed by atoms with E-state index in [-0.39, 0.29) is 11.9 Å². The van der Waals surface area contributed by atoms with Crippen LogP contribution in [0.4, 0.5) is 11.4 Å². The van der Waals surface area contributed by atoms with Crippen molar-refractivity contribution in [3.05, 3.63) is 94.5 Å². The highest BCUT2D eigenvalue weighted by molar-refractivity contribution is 6.30. The second-order valence-corrected chi connectivity index (χ2v) is 6.97. The van der Waals surface area contributed by atoms with E-state index in [1.54, 1.807) is 0 Å². The quantitative estimate of drug-likeness (QED) is 0.560. The number of carbonyl (C=O) groups is 1. The van der Waals surface area contributed by atoms with Gasteiger partial charge in [-0.05, 0) is 41.5 Å².